The van der Waals surface area contributed by atoms with Gasteiger partial charge in [-0.25, -0.2) is 4.79 Å². The van der Waals surface area contributed by atoms with E-state index < -0.39 is 143 Å². The van der Waals surface area contributed by atoms with Crippen LogP contribution >= 0.6 is 0 Å². The van der Waals surface area contributed by atoms with E-state index in [0.29, 0.717) is 71.4 Å². The highest BCUT2D eigenvalue weighted by atomic mass is 16.4. The van der Waals surface area contributed by atoms with Crippen LogP contribution in [-0.4, -0.2) is 229 Å². The van der Waals surface area contributed by atoms with Crippen LogP contribution in [0.2, 0.25) is 0 Å². The number of para-hydroxylation sites is 6. The van der Waals surface area contributed by atoms with Gasteiger partial charge in [-0.15, -0.1) is 0 Å². The molecule has 44 heteroatoms. The molecule has 0 aliphatic rings. The predicted octanol–water partition coefficient (Wildman–Crippen LogP) is 0.907. The van der Waals surface area contributed by atoms with E-state index in [1.54, 1.807) is 122 Å². The molecule has 6 heterocycles. The molecule has 0 saturated heterocycles. The van der Waals surface area contributed by atoms with Gasteiger partial charge in [-0.1, -0.05) is 109 Å². The van der Waals surface area contributed by atoms with Crippen molar-refractivity contribution in [2.24, 2.45) is 34.4 Å². The van der Waals surface area contributed by atoms with E-state index in [1.807, 2.05) is 60.7 Å². The fraction of sp³-hybridized carbons (Fsp3) is 0.333. The van der Waals surface area contributed by atoms with E-state index >= 15 is 38.4 Å². The van der Waals surface area contributed by atoms with Crippen molar-refractivity contribution in [3.8, 4) is 0 Å². The van der Waals surface area contributed by atoms with Crippen LogP contribution in [0.1, 0.15) is 97.6 Å². The summed E-state index contributed by atoms with van der Waals surface area (Å²) in [5.41, 5.74) is 42.6. The highest BCUT2D eigenvalue weighted by Gasteiger charge is 2.39. The Labute approximate surface area is 803 Å². The van der Waals surface area contributed by atoms with Crippen LogP contribution in [0, 0.1) is 27.0 Å². The zero-order valence-electron chi connectivity index (χ0n) is 76.9. The van der Waals surface area contributed by atoms with Crippen LogP contribution < -0.4 is 114 Å². The van der Waals surface area contributed by atoms with Gasteiger partial charge in [0.15, 0.2) is 29.8 Å². The predicted molar refractivity (Wildman–Crippen MR) is 533 cm³/mol. The van der Waals surface area contributed by atoms with Gasteiger partial charge in [0.05, 0.1) is 6.04 Å². The fourth-order valence-corrected chi connectivity index (χ4v) is 17.0. The molecule has 44 nitrogen and oxygen atoms in total. The number of carbonyl (C=O) groups excluding carboxylic acids is 10. The number of benzene rings is 6. The first-order chi connectivity index (χ1) is 67.4. The fourth-order valence-electron chi connectivity index (χ4n) is 17.0. The van der Waals surface area contributed by atoms with Crippen LogP contribution in [0.5, 0.6) is 0 Å². The number of aromatic amines is 6. The lowest BCUT2D eigenvalue weighted by molar-refractivity contribution is -0.142. The van der Waals surface area contributed by atoms with Crippen molar-refractivity contribution in [2.75, 3.05) is 32.7 Å². The molecule has 11 atom stereocenters. The topological polar surface area (TPSA) is 759 Å². The van der Waals surface area contributed by atoms with Crippen LogP contribution in [0.15, 0.2) is 183 Å². The number of fused-ring (bicyclic) bond motifs is 6. The summed E-state index contributed by atoms with van der Waals surface area (Å²) in [6.45, 7) is 0.127. The Morgan fingerprint density at radius 3 is 0.607 bits per heavy atom. The molecule has 6 aromatic heterocycles. The average Bonchev–Trinajstić information content (AvgIpc) is 1.66. The standard InChI is InChI=1S/C96H122N32O12/c97-64(40-52-46-113-65-24-7-1-18-58(52)65)81(129)124-76(41-53-47-114-66-25-8-2-19-59(53)66)86(134)122-74(33-16-38-111-95(104)105)85(133)126-80(45-57-51-118-70-29-12-6-23-63(57)70)90(138)127-77(42-54-48-115-67-26-9-3-20-60(54)67)87(135)120-71(30-13-35-108-92(98)99)82(130)119-73(32-15-37-110-94(102)103)84(132)125-79(44-56-50-117-69-28-11-5-22-62(56)69)89(137)128-78(43-55-49-116-68-27-10-4-21-61(55)68)88(136)121-72(31-14-36-109-93(100)101)83(131)123-75(91(139)140)34-17-39-112-96(106)107/h1-12,18-29,46-51,64,71-80,113-118H,13-17,30-45,97H2,(H,119,130)(H,120,135)(H,121,136)(H,122,134)(H,123,131)(H,124,129)(H,125,132)(H,126,133)(H,127,138)(H,128,137)(H,139,140)(H4,98,99,108)(H4,100,101,109)(H4,102,103,110)(H4,104,105,111)(H4,106,107,112)/t64-,71-,72-,73-,74-,75-,76-,77-,78-,79-,80-/m0/s1. The van der Waals surface area contributed by atoms with E-state index in [2.05, 4.69) is 110 Å². The van der Waals surface area contributed by atoms with Gasteiger partial charge in [0, 0.05) is 167 Å². The second kappa shape index (κ2) is 49.5. The smallest absolute Gasteiger partial charge is 0.326 e. The van der Waals surface area contributed by atoms with Crippen LogP contribution in [0.25, 0.3) is 65.4 Å². The van der Waals surface area contributed by atoms with E-state index in [9.17, 15) is 19.5 Å². The molecule has 0 spiro atoms. The number of nitrogens with two attached hydrogens (primary N) is 6. The largest absolute Gasteiger partial charge is 0.480 e. The highest BCUT2D eigenvalue weighted by Crippen LogP contribution is 2.27. The van der Waals surface area contributed by atoms with Gasteiger partial charge < -0.3 is 149 Å². The van der Waals surface area contributed by atoms with Crippen molar-refractivity contribution in [3.05, 3.63) is 216 Å². The number of carboxylic acids is 1. The number of amides is 10. The van der Waals surface area contributed by atoms with Crippen molar-refractivity contribution in [2.45, 2.75) is 169 Å². The van der Waals surface area contributed by atoms with E-state index in [4.69, 9.17) is 61.4 Å². The highest BCUT2D eigenvalue weighted by molar-refractivity contribution is 6.02. The van der Waals surface area contributed by atoms with Crippen molar-refractivity contribution in [1.82, 2.24) is 110 Å². The second-order valence-corrected chi connectivity index (χ2v) is 34.4. The summed E-state index contributed by atoms with van der Waals surface area (Å²) in [7, 11) is 0. The number of carbonyl (C=O) groups is 11. The molecule has 0 bridgehead atoms. The molecular formula is C96H122N32O12. The third-order valence-electron chi connectivity index (χ3n) is 24.2. The summed E-state index contributed by atoms with van der Waals surface area (Å²) in [6.07, 6.45) is 8.44. The lowest BCUT2D eigenvalue weighted by atomic mass is 10.00. The SMILES string of the molecule is N=C(N)NCCC[C@H](NC(=O)[C@H](CCCNC(=N)N)NC(=O)[C@H](Cc1c[nH]c2ccccc12)NC(=O)[C@H](Cc1c[nH]c2ccccc12)NC(=O)[C@H](CCCNC(=N)N)NC(=O)[C@H](CCCNC(=N)N)NC(=O)[C@H](Cc1c[nH]c2ccccc12)NC(=O)[C@H](Cc1c[nH]c2ccccc12)NC(=O)[C@H](CCCNC(=N)N)NC(=O)[C@H](Cc1c[nH]c2ccccc12)NC(=O)[C@@H](N)Cc1c[nH]c2ccccc12)C(=O)O. The summed E-state index contributed by atoms with van der Waals surface area (Å²) < 4.78 is 0. The van der Waals surface area contributed by atoms with E-state index in [1.165, 1.54) is 0 Å². The Kier molecular flexibility index (Phi) is 36.1. The number of nitrogens with one attached hydrogen (secondary N) is 26. The molecule has 0 unspecified atom stereocenters. The van der Waals surface area contributed by atoms with Crippen molar-refractivity contribution >= 4 is 160 Å². The van der Waals surface area contributed by atoms with Crippen LogP contribution in [0.3, 0.4) is 0 Å². The zero-order valence-corrected chi connectivity index (χ0v) is 76.9. The van der Waals surface area contributed by atoms with Crippen molar-refractivity contribution in [3.63, 3.8) is 0 Å². The third-order valence-corrected chi connectivity index (χ3v) is 24.2. The Morgan fingerprint density at radius 2 is 0.407 bits per heavy atom. The minimum Gasteiger partial charge on any atom is -0.480 e. The van der Waals surface area contributed by atoms with Gasteiger partial charge in [-0.2, -0.15) is 0 Å². The molecular weight excluding hydrogens is 1790 g/mol. The van der Waals surface area contributed by atoms with Crippen LogP contribution in [-0.2, 0) is 91.3 Å². The molecule has 10 amide bonds. The average molecular weight is 1920 g/mol. The normalized spacial score (nSPS) is 13.7. The first kappa shape index (κ1) is 102. The van der Waals surface area contributed by atoms with Crippen molar-refractivity contribution < 1.29 is 57.8 Å². The first-order valence-electron chi connectivity index (χ1n) is 46.1. The number of carboxylic acid groups (broad SMARTS) is 1. The third kappa shape index (κ3) is 28.8. The molecule has 12 aromatic rings. The van der Waals surface area contributed by atoms with Crippen molar-refractivity contribution in [1.29, 1.82) is 27.0 Å². The van der Waals surface area contributed by atoms with Gasteiger partial charge in [0.25, 0.3) is 0 Å². The Bertz CT molecular complexity index is 6430. The Hall–Kier alpha value is -17.0. The number of guanidine groups is 5. The molecule has 12 rings (SSSR count). The summed E-state index contributed by atoms with van der Waals surface area (Å²) in [5, 5.41) is 95.3. The molecule has 0 saturated carbocycles. The van der Waals surface area contributed by atoms with Gasteiger partial charge in [0.2, 0.25) is 59.1 Å². The minimum absolute atomic E-state index is 0.0139. The van der Waals surface area contributed by atoms with Gasteiger partial charge in [-0.05, 0) is 140 Å². The molecule has 0 fully saturated rings. The maximum atomic E-state index is 16.0. The number of hydrogen-bond donors (Lipinski definition) is 33. The van der Waals surface area contributed by atoms with E-state index in [0.717, 1.165) is 27.4 Å². The first-order valence-corrected chi connectivity index (χ1v) is 46.1. The number of aromatic nitrogens is 6. The summed E-state index contributed by atoms with van der Waals surface area (Å²) >= 11 is 0. The maximum absolute atomic E-state index is 16.0. The van der Waals surface area contributed by atoms with Crippen LogP contribution in [0.4, 0.5) is 0 Å². The Morgan fingerprint density at radius 1 is 0.243 bits per heavy atom. The maximum Gasteiger partial charge on any atom is 0.326 e. The van der Waals surface area contributed by atoms with E-state index in [-0.39, 0.29) is 153 Å². The summed E-state index contributed by atoms with van der Waals surface area (Å²) in [4.78, 5) is 186. The number of rotatable bonds is 53. The lowest BCUT2D eigenvalue weighted by Gasteiger charge is -2.29. The second-order valence-electron chi connectivity index (χ2n) is 34.4. The molecule has 6 aromatic carbocycles. The number of hydrogen-bond acceptors (Lipinski definition) is 17. The minimum atomic E-state index is -1.64. The number of aliphatic carboxylic acids is 1. The van der Waals surface area contributed by atoms with Gasteiger partial charge in [0.1, 0.15) is 60.4 Å². The summed E-state index contributed by atoms with van der Waals surface area (Å²) in [6, 6.07) is 26.8. The molecule has 0 aliphatic carbocycles. The molecule has 140 heavy (non-hydrogen) atoms. The molecule has 0 radical (unpaired) electrons. The van der Waals surface area contributed by atoms with Gasteiger partial charge in [-0.3, -0.25) is 75.0 Å². The Balaban J connectivity index is 0.851. The molecule has 39 N–H and O–H groups in total. The quantitative estimate of drug-likeness (QED) is 0.0143. The zero-order chi connectivity index (χ0) is 99.9. The summed E-state index contributed by atoms with van der Waals surface area (Å²) in [5.74, 6) is -12.4. The molecule has 738 valence electrons. The lowest BCUT2D eigenvalue weighted by Crippen LogP contribution is -2.61. The number of H-pyrrole nitrogens is 6. The monoisotopic (exact) mass is 1910 g/mol. The van der Waals surface area contributed by atoms with Gasteiger partial charge >= 0.3 is 5.97 Å². The molecule has 0 aliphatic heterocycles.